The van der Waals surface area contributed by atoms with Gasteiger partial charge in [0.15, 0.2) is 0 Å². The SMILES string of the molecule is O=C(Nc1ccnc(N2CCN(C3CCCC3)CC2)c1)c1ccccc1F. The molecule has 2 aliphatic rings. The summed E-state index contributed by atoms with van der Waals surface area (Å²) in [6.07, 6.45) is 7.06. The van der Waals surface area contributed by atoms with E-state index < -0.39 is 11.7 Å². The molecule has 27 heavy (non-hydrogen) atoms. The Morgan fingerprint density at radius 2 is 1.81 bits per heavy atom. The molecule has 2 fully saturated rings. The lowest BCUT2D eigenvalue weighted by molar-refractivity contribution is 0.102. The largest absolute Gasteiger partial charge is 0.354 e. The van der Waals surface area contributed by atoms with Crippen LogP contribution in [0.25, 0.3) is 0 Å². The predicted octanol–water partition coefficient (Wildman–Crippen LogP) is 3.54. The van der Waals surface area contributed by atoms with Crippen molar-refractivity contribution in [3.05, 3.63) is 54.0 Å². The minimum Gasteiger partial charge on any atom is -0.354 e. The van der Waals surface area contributed by atoms with Gasteiger partial charge >= 0.3 is 0 Å². The zero-order valence-corrected chi connectivity index (χ0v) is 15.4. The number of amides is 1. The van der Waals surface area contributed by atoms with Crippen LogP contribution in [0.3, 0.4) is 0 Å². The van der Waals surface area contributed by atoms with Crippen molar-refractivity contribution in [2.24, 2.45) is 0 Å². The number of hydrogen-bond donors (Lipinski definition) is 1. The Balaban J connectivity index is 1.39. The Hall–Kier alpha value is -2.47. The van der Waals surface area contributed by atoms with Gasteiger partial charge in [-0.1, -0.05) is 25.0 Å². The van der Waals surface area contributed by atoms with Crippen LogP contribution in [-0.4, -0.2) is 48.0 Å². The van der Waals surface area contributed by atoms with Gasteiger partial charge in [0.2, 0.25) is 0 Å². The van der Waals surface area contributed by atoms with Crippen molar-refractivity contribution in [2.45, 2.75) is 31.7 Å². The summed E-state index contributed by atoms with van der Waals surface area (Å²) in [5.41, 5.74) is 0.674. The number of halogens is 1. The van der Waals surface area contributed by atoms with Crippen molar-refractivity contribution in [3.63, 3.8) is 0 Å². The first-order valence-corrected chi connectivity index (χ1v) is 9.71. The van der Waals surface area contributed by atoms with Crippen LogP contribution in [-0.2, 0) is 0 Å². The lowest BCUT2D eigenvalue weighted by Gasteiger charge is -2.38. The van der Waals surface area contributed by atoms with Gasteiger partial charge in [0.1, 0.15) is 11.6 Å². The van der Waals surface area contributed by atoms with Gasteiger partial charge in [-0.05, 0) is 31.0 Å². The summed E-state index contributed by atoms with van der Waals surface area (Å²) in [6.45, 7) is 3.98. The Bertz CT molecular complexity index is 798. The molecule has 4 rings (SSSR count). The maximum atomic E-state index is 13.8. The van der Waals surface area contributed by atoms with Crippen LogP contribution in [0, 0.1) is 5.82 Å². The molecule has 1 N–H and O–H groups in total. The van der Waals surface area contributed by atoms with E-state index in [1.54, 1.807) is 24.4 Å². The number of pyridine rings is 1. The van der Waals surface area contributed by atoms with Crippen LogP contribution in [0.4, 0.5) is 15.9 Å². The molecule has 0 spiro atoms. The van der Waals surface area contributed by atoms with E-state index >= 15 is 0 Å². The molecule has 142 valence electrons. The maximum Gasteiger partial charge on any atom is 0.258 e. The summed E-state index contributed by atoms with van der Waals surface area (Å²) < 4.78 is 13.8. The molecule has 6 heteroatoms. The number of carbonyl (C=O) groups is 1. The Morgan fingerprint density at radius 1 is 1.07 bits per heavy atom. The van der Waals surface area contributed by atoms with Gasteiger partial charge in [0.25, 0.3) is 5.91 Å². The lowest BCUT2D eigenvalue weighted by Crippen LogP contribution is -2.50. The first-order chi connectivity index (χ1) is 13.2. The summed E-state index contributed by atoms with van der Waals surface area (Å²) in [5.74, 6) is -0.115. The number of nitrogens with zero attached hydrogens (tertiary/aromatic N) is 3. The van der Waals surface area contributed by atoms with Crippen LogP contribution in [0.2, 0.25) is 0 Å². The molecule has 1 saturated heterocycles. The number of benzene rings is 1. The van der Waals surface area contributed by atoms with Crippen molar-refractivity contribution in [2.75, 3.05) is 36.4 Å². The third-order valence-corrected chi connectivity index (χ3v) is 5.60. The van der Waals surface area contributed by atoms with Crippen molar-refractivity contribution in [3.8, 4) is 0 Å². The van der Waals surface area contributed by atoms with E-state index in [-0.39, 0.29) is 5.56 Å². The van der Waals surface area contributed by atoms with Gasteiger partial charge in [-0.15, -0.1) is 0 Å². The van der Waals surface area contributed by atoms with Crippen molar-refractivity contribution < 1.29 is 9.18 Å². The highest BCUT2D eigenvalue weighted by Crippen LogP contribution is 2.26. The van der Waals surface area contributed by atoms with Crippen molar-refractivity contribution in [1.82, 2.24) is 9.88 Å². The second kappa shape index (κ2) is 8.05. The first-order valence-electron chi connectivity index (χ1n) is 9.71. The summed E-state index contributed by atoms with van der Waals surface area (Å²) in [5, 5.41) is 2.78. The van der Waals surface area contributed by atoms with E-state index in [0.29, 0.717) is 5.69 Å². The van der Waals surface area contributed by atoms with Crippen molar-refractivity contribution >= 4 is 17.4 Å². The molecule has 1 amide bonds. The maximum absolute atomic E-state index is 13.8. The molecule has 1 saturated carbocycles. The van der Waals surface area contributed by atoms with Gasteiger partial charge in [0.05, 0.1) is 5.56 Å². The van der Waals surface area contributed by atoms with E-state index in [4.69, 9.17) is 0 Å². The van der Waals surface area contributed by atoms with Crippen LogP contribution in [0.1, 0.15) is 36.0 Å². The predicted molar refractivity (Wildman–Crippen MR) is 105 cm³/mol. The highest BCUT2D eigenvalue weighted by molar-refractivity contribution is 6.04. The van der Waals surface area contributed by atoms with E-state index in [0.717, 1.165) is 38.0 Å². The first kappa shape index (κ1) is 17.9. The summed E-state index contributed by atoms with van der Waals surface area (Å²) in [7, 11) is 0. The molecule has 0 atom stereocenters. The molecule has 0 bridgehead atoms. The number of aromatic nitrogens is 1. The van der Waals surface area contributed by atoms with Gasteiger partial charge in [-0.2, -0.15) is 0 Å². The van der Waals surface area contributed by atoms with E-state index in [9.17, 15) is 9.18 Å². The number of rotatable bonds is 4. The Morgan fingerprint density at radius 3 is 2.56 bits per heavy atom. The number of piperazine rings is 1. The van der Waals surface area contributed by atoms with Crippen LogP contribution in [0.15, 0.2) is 42.6 Å². The van der Waals surface area contributed by atoms with E-state index in [1.807, 2.05) is 6.07 Å². The average molecular weight is 368 g/mol. The van der Waals surface area contributed by atoms with Gasteiger partial charge < -0.3 is 10.2 Å². The number of hydrogen-bond acceptors (Lipinski definition) is 4. The van der Waals surface area contributed by atoms with E-state index in [1.165, 1.54) is 37.8 Å². The number of anilines is 2. The minimum atomic E-state index is -0.521. The molecule has 1 aliphatic carbocycles. The van der Waals surface area contributed by atoms with Gasteiger partial charge in [-0.3, -0.25) is 9.69 Å². The minimum absolute atomic E-state index is 0.0426. The second-order valence-corrected chi connectivity index (χ2v) is 7.30. The molecular weight excluding hydrogens is 343 g/mol. The molecule has 2 aromatic rings. The number of carbonyl (C=O) groups excluding carboxylic acids is 1. The normalized spacial score (nSPS) is 18.6. The second-order valence-electron chi connectivity index (χ2n) is 7.30. The van der Waals surface area contributed by atoms with Crippen LogP contribution >= 0.6 is 0 Å². The molecule has 0 radical (unpaired) electrons. The molecule has 1 aromatic heterocycles. The summed E-state index contributed by atoms with van der Waals surface area (Å²) in [4.78, 5) is 21.6. The Kier molecular flexibility index (Phi) is 5.34. The zero-order chi connectivity index (χ0) is 18.6. The average Bonchev–Trinajstić information content (AvgIpc) is 3.23. The zero-order valence-electron chi connectivity index (χ0n) is 15.4. The highest BCUT2D eigenvalue weighted by Gasteiger charge is 2.26. The summed E-state index contributed by atoms with van der Waals surface area (Å²) in [6, 6.07) is 10.3. The van der Waals surface area contributed by atoms with Crippen LogP contribution < -0.4 is 10.2 Å². The molecule has 1 aliphatic heterocycles. The molecular formula is C21H25FN4O. The lowest BCUT2D eigenvalue weighted by atomic mass is 10.1. The quantitative estimate of drug-likeness (QED) is 0.897. The van der Waals surface area contributed by atoms with Crippen molar-refractivity contribution in [1.29, 1.82) is 0 Å². The fourth-order valence-corrected chi connectivity index (χ4v) is 4.10. The Labute approximate surface area is 159 Å². The number of nitrogens with one attached hydrogen (secondary N) is 1. The van der Waals surface area contributed by atoms with Gasteiger partial charge in [0, 0.05) is 50.2 Å². The highest BCUT2D eigenvalue weighted by atomic mass is 19.1. The molecule has 1 aromatic carbocycles. The third kappa shape index (κ3) is 4.11. The standard InChI is InChI=1S/C21H25FN4O/c22-19-8-4-3-7-18(19)21(27)24-16-9-10-23-20(15-16)26-13-11-25(12-14-26)17-5-1-2-6-17/h3-4,7-10,15,17H,1-2,5-6,11-14H2,(H,23,24,27). The molecule has 2 heterocycles. The topological polar surface area (TPSA) is 48.5 Å². The molecule has 0 unspecified atom stereocenters. The third-order valence-electron chi connectivity index (χ3n) is 5.60. The molecule has 5 nitrogen and oxygen atoms in total. The van der Waals surface area contributed by atoms with Crippen LogP contribution in [0.5, 0.6) is 0 Å². The smallest absolute Gasteiger partial charge is 0.258 e. The van der Waals surface area contributed by atoms with Gasteiger partial charge in [-0.25, -0.2) is 9.37 Å². The summed E-state index contributed by atoms with van der Waals surface area (Å²) >= 11 is 0. The van der Waals surface area contributed by atoms with E-state index in [2.05, 4.69) is 20.1 Å². The monoisotopic (exact) mass is 368 g/mol. The fourth-order valence-electron chi connectivity index (χ4n) is 4.10. The fraction of sp³-hybridized carbons (Fsp3) is 0.429.